The predicted octanol–water partition coefficient (Wildman–Crippen LogP) is 1.61. The summed E-state index contributed by atoms with van der Waals surface area (Å²) < 4.78 is 6.52. The van der Waals surface area contributed by atoms with Gasteiger partial charge in [0.2, 0.25) is 0 Å². The first-order valence-corrected chi connectivity index (χ1v) is 8.77. The first kappa shape index (κ1) is 19.4. The second-order valence-electron chi connectivity index (χ2n) is 5.61. The normalized spacial score (nSPS) is 10.4. The molecule has 6 heteroatoms. The Kier molecular flexibility index (Phi) is 6.56. The van der Waals surface area contributed by atoms with Gasteiger partial charge in [0, 0.05) is 5.56 Å². The Bertz CT molecular complexity index is 875. The van der Waals surface area contributed by atoms with E-state index in [9.17, 15) is 4.79 Å². The van der Waals surface area contributed by atoms with Gasteiger partial charge in [-0.15, -0.1) is 0 Å². The Hall–Kier alpha value is -1.92. The van der Waals surface area contributed by atoms with E-state index in [1.54, 1.807) is 23.5 Å². The van der Waals surface area contributed by atoms with Gasteiger partial charge < -0.3 is 27.0 Å². The summed E-state index contributed by atoms with van der Waals surface area (Å²) in [5.74, 6) is 0.809. The second kappa shape index (κ2) is 8.45. The summed E-state index contributed by atoms with van der Waals surface area (Å²) in [7, 11) is 0. The number of benzene rings is 2. The molecule has 132 valence electrons. The van der Waals surface area contributed by atoms with E-state index in [-0.39, 0.29) is 29.3 Å². The quantitative estimate of drug-likeness (QED) is 0.616. The van der Waals surface area contributed by atoms with Gasteiger partial charge in [0.05, 0.1) is 23.4 Å². The number of carbonyl (C=O) groups excluding carboxylic acids is 1. The zero-order valence-corrected chi connectivity index (χ0v) is 16.8. The Morgan fingerprint density at radius 1 is 1.16 bits per heavy atom. The molecular weight excluding hydrogens is 400 g/mol. The molecule has 0 aliphatic heterocycles. The molecule has 25 heavy (non-hydrogen) atoms. The third kappa shape index (κ3) is 4.38. The summed E-state index contributed by atoms with van der Waals surface area (Å²) in [5, 5.41) is 3.92. The van der Waals surface area contributed by atoms with Crippen molar-refractivity contribution in [3.63, 3.8) is 0 Å². The Morgan fingerprint density at radius 2 is 1.88 bits per heavy atom. The van der Waals surface area contributed by atoms with Crippen LogP contribution in [0.5, 0.6) is 5.75 Å². The molecule has 0 aliphatic carbocycles. The number of halogens is 1. The van der Waals surface area contributed by atoms with E-state index in [0.29, 0.717) is 12.2 Å². The number of nitrogens with one attached hydrogen (secondary N) is 1. The van der Waals surface area contributed by atoms with E-state index in [4.69, 9.17) is 4.74 Å². The van der Waals surface area contributed by atoms with Crippen LogP contribution in [0.2, 0.25) is 0 Å². The first-order chi connectivity index (χ1) is 11.6. The topological polar surface area (TPSA) is 51.2 Å². The van der Waals surface area contributed by atoms with Crippen LogP contribution in [0.25, 0.3) is 10.2 Å². The Labute approximate surface area is 162 Å². The summed E-state index contributed by atoms with van der Waals surface area (Å²) >= 11 is 1.57. The van der Waals surface area contributed by atoms with Crippen LogP contribution in [-0.4, -0.2) is 23.9 Å². The van der Waals surface area contributed by atoms with Crippen molar-refractivity contribution in [1.29, 1.82) is 0 Å². The molecule has 0 saturated heterocycles. The molecule has 0 atom stereocenters. The van der Waals surface area contributed by atoms with Crippen LogP contribution in [0.1, 0.15) is 28.4 Å². The molecule has 0 aliphatic rings. The number of rotatable bonds is 6. The lowest BCUT2D eigenvalue weighted by molar-refractivity contribution is -0.0000132. The van der Waals surface area contributed by atoms with Crippen molar-refractivity contribution >= 4 is 32.5 Å². The van der Waals surface area contributed by atoms with E-state index in [1.165, 1.54) is 11.1 Å². The number of ether oxygens (including phenoxy) is 1. The number of nitrogens with zero attached hydrogens (tertiary/aromatic N) is 1. The number of aromatic nitrogens is 1. The van der Waals surface area contributed by atoms with Crippen LogP contribution in [0.3, 0.4) is 0 Å². The minimum atomic E-state index is 0. The summed E-state index contributed by atoms with van der Waals surface area (Å²) in [6.07, 6.45) is 0. The SMILES string of the molecule is CCOc1ccc(C(=O)CNc2nc3c(C)c(C)ccc3s2)cc1.[Br-]. The van der Waals surface area contributed by atoms with Gasteiger partial charge in [0.1, 0.15) is 5.75 Å². The van der Waals surface area contributed by atoms with Crippen molar-refractivity contribution in [1.82, 2.24) is 4.98 Å². The van der Waals surface area contributed by atoms with Crippen molar-refractivity contribution in [3.05, 3.63) is 53.1 Å². The lowest BCUT2D eigenvalue weighted by Gasteiger charge is -2.05. The first-order valence-electron chi connectivity index (χ1n) is 7.95. The van der Waals surface area contributed by atoms with Crippen molar-refractivity contribution in [3.8, 4) is 5.75 Å². The Morgan fingerprint density at radius 3 is 2.56 bits per heavy atom. The molecular formula is C19H20BrN2O2S-. The maximum atomic E-state index is 12.3. The fraction of sp³-hybridized carbons (Fsp3) is 0.263. The van der Waals surface area contributed by atoms with Gasteiger partial charge >= 0.3 is 0 Å². The highest BCUT2D eigenvalue weighted by Gasteiger charge is 2.10. The van der Waals surface area contributed by atoms with E-state index in [2.05, 4.69) is 36.3 Å². The molecule has 1 N–H and O–H groups in total. The minimum absolute atomic E-state index is 0. The largest absolute Gasteiger partial charge is 1.00 e. The van der Waals surface area contributed by atoms with Gasteiger partial charge in [0.15, 0.2) is 10.9 Å². The molecule has 4 nitrogen and oxygen atoms in total. The molecule has 0 amide bonds. The molecule has 0 fully saturated rings. The highest BCUT2D eigenvalue weighted by Crippen LogP contribution is 2.29. The zero-order chi connectivity index (χ0) is 17.1. The number of anilines is 1. The molecule has 0 radical (unpaired) electrons. The van der Waals surface area contributed by atoms with Crippen LogP contribution in [-0.2, 0) is 0 Å². The number of hydrogen-bond donors (Lipinski definition) is 1. The predicted molar refractivity (Wildman–Crippen MR) is 99.5 cm³/mol. The molecule has 3 aromatic rings. The lowest BCUT2D eigenvalue weighted by atomic mass is 10.1. The number of fused-ring (bicyclic) bond motifs is 1. The van der Waals surface area contributed by atoms with E-state index in [1.807, 2.05) is 19.1 Å². The fourth-order valence-corrected chi connectivity index (χ4v) is 3.38. The number of aryl methyl sites for hydroxylation is 2. The van der Waals surface area contributed by atoms with Crippen molar-refractivity contribution in [2.75, 3.05) is 18.5 Å². The smallest absolute Gasteiger partial charge is 0.184 e. The van der Waals surface area contributed by atoms with E-state index in [0.717, 1.165) is 21.1 Å². The molecule has 3 rings (SSSR count). The lowest BCUT2D eigenvalue weighted by Crippen LogP contribution is -3.00. The summed E-state index contributed by atoms with van der Waals surface area (Å²) in [6, 6.07) is 11.4. The highest BCUT2D eigenvalue weighted by molar-refractivity contribution is 7.22. The molecule has 2 aromatic carbocycles. The van der Waals surface area contributed by atoms with Crippen LogP contribution < -0.4 is 27.0 Å². The van der Waals surface area contributed by atoms with Crippen LogP contribution >= 0.6 is 11.3 Å². The molecule has 1 heterocycles. The standard InChI is InChI=1S/C19H20N2O2S.BrH/c1-4-23-15-8-6-14(7-9-15)16(22)11-20-19-21-18-13(3)12(2)5-10-17(18)24-19;/h5-10H,4,11H2,1-3H3,(H,20,21);1H/p-1. The summed E-state index contributed by atoms with van der Waals surface area (Å²) in [6.45, 7) is 6.93. The minimum Gasteiger partial charge on any atom is -1.00 e. The van der Waals surface area contributed by atoms with Crippen LogP contribution in [0.15, 0.2) is 36.4 Å². The molecule has 0 spiro atoms. The number of Topliss-reactive ketones (excluding diaryl/α,β-unsaturated/α-hetero) is 1. The van der Waals surface area contributed by atoms with Gasteiger partial charge in [0.25, 0.3) is 0 Å². The second-order valence-corrected chi connectivity index (χ2v) is 6.64. The van der Waals surface area contributed by atoms with E-state index >= 15 is 0 Å². The summed E-state index contributed by atoms with van der Waals surface area (Å²) in [4.78, 5) is 16.9. The number of ketones is 1. The fourth-order valence-electron chi connectivity index (χ4n) is 2.46. The van der Waals surface area contributed by atoms with Gasteiger partial charge in [-0.3, -0.25) is 4.79 Å². The van der Waals surface area contributed by atoms with Crippen LogP contribution in [0.4, 0.5) is 5.13 Å². The average Bonchev–Trinajstić information content (AvgIpc) is 3.01. The highest BCUT2D eigenvalue weighted by atomic mass is 79.9. The van der Waals surface area contributed by atoms with Gasteiger partial charge in [-0.1, -0.05) is 17.4 Å². The van der Waals surface area contributed by atoms with Gasteiger partial charge in [-0.2, -0.15) is 0 Å². The van der Waals surface area contributed by atoms with Crippen LogP contribution in [0, 0.1) is 13.8 Å². The summed E-state index contributed by atoms with van der Waals surface area (Å²) in [5.41, 5.74) is 4.09. The monoisotopic (exact) mass is 419 g/mol. The third-order valence-electron chi connectivity index (χ3n) is 3.97. The Balaban J connectivity index is 0.00000225. The molecule has 0 saturated carbocycles. The number of thiazole rings is 1. The van der Waals surface area contributed by atoms with Crippen molar-refractivity contribution in [2.24, 2.45) is 0 Å². The van der Waals surface area contributed by atoms with E-state index < -0.39 is 0 Å². The number of hydrogen-bond acceptors (Lipinski definition) is 5. The molecule has 0 unspecified atom stereocenters. The van der Waals surface area contributed by atoms with Gasteiger partial charge in [-0.25, -0.2) is 4.98 Å². The molecule has 1 aromatic heterocycles. The average molecular weight is 420 g/mol. The van der Waals surface area contributed by atoms with Crippen molar-refractivity contribution < 1.29 is 26.5 Å². The molecule has 0 bridgehead atoms. The zero-order valence-electron chi connectivity index (χ0n) is 14.4. The third-order valence-corrected chi connectivity index (χ3v) is 4.95. The maximum Gasteiger partial charge on any atom is 0.184 e. The van der Waals surface area contributed by atoms with Crippen molar-refractivity contribution in [2.45, 2.75) is 20.8 Å². The maximum absolute atomic E-state index is 12.3. The number of carbonyl (C=O) groups is 1. The van der Waals surface area contributed by atoms with Gasteiger partial charge in [-0.05, 0) is 62.2 Å².